The Morgan fingerprint density at radius 2 is 1.58 bits per heavy atom. The zero-order valence-electron chi connectivity index (χ0n) is 16.9. The molecule has 5 heteroatoms. The minimum Gasteiger partial charge on any atom is -0.497 e. The summed E-state index contributed by atoms with van der Waals surface area (Å²) in [6, 6.07) is 29.8. The summed E-state index contributed by atoms with van der Waals surface area (Å²) >= 11 is 0. The molecule has 1 N–H and O–H groups in total. The molecule has 0 unspecified atom stereocenters. The molecule has 1 aromatic heterocycles. The van der Waals surface area contributed by atoms with Crippen LogP contribution >= 0.6 is 0 Å². The SMILES string of the molecule is COc1cccc(-c2cccc(-c3ccc(NC(=O)c4cccc(C#N)c4)cc3)n2)c1. The molecule has 150 valence electrons. The van der Waals surface area contributed by atoms with Crippen LogP contribution in [0.15, 0.2) is 91.0 Å². The van der Waals surface area contributed by atoms with Crippen molar-refractivity contribution in [3.63, 3.8) is 0 Å². The number of nitriles is 1. The molecule has 0 spiro atoms. The van der Waals surface area contributed by atoms with Crippen LogP contribution < -0.4 is 10.1 Å². The Labute approximate surface area is 180 Å². The number of methoxy groups -OCH3 is 1. The van der Waals surface area contributed by atoms with Crippen LogP contribution in [0.3, 0.4) is 0 Å². The average Bonchev–Trinajstić information content (AvgIpc) is 2.84. The number of hydrogen-bond acceptors (Lipinski definition) is 4. The van der Waals surface area contributed by atoms with Gasteiger partial charge in [0.1, 0.15) is 5.75 Å². The van der Waals surface area contributed by atoms with Gasteiger partial charge in [-0.3, -0.25) is 4.79 Å². The summed E-state index contributed by atoms with van der Waals surface area (Å²) in [5, 5.41) is 11.9. The van der Waals surface area contributed by atoms with Crippen molar-refractivity contribution < 1.29 is 9.53 Å². The summed E-state index contributed by atoms with van der Waals surface area (Å²) in [6.45, 7) is 0. The lowest BCUT2D eigenvalue weighted by Gasteiger charge is -2.09. The largest absolute Gasteiger partial charge is 0.497 e. The molecule has 3 aromatic carbocycles. The molecule has 0 aliphatic rings. The predicted molar refractivity (Wildman–Crippen MR) is 121 cm³/mol. The number of hydrogen-bond donors (Lipinski definition) is 1. The minimum atomic E-state index is -0.261. The van der Waals surface area contributed by atoms with Crippen LogP contribution in [0.25, 0.3) is 22.5 Å². The van der Waals surface area contributed by atoms with E-state index < -0.39 is 0 Å². The lowest BCUT2D eigenvalue weighted by atomic mass is 10.1. The molecule has 1 amide bonds. The first kappa shape index (κ1) is 19.9. The van der Waals surface area contributed by atoms with Gasteiger partial charge >= 0.3 is 0 Å². The summed E-state index contributed by atoms with van der Waals surface area (Å²) in [6.07, 6.45) is 0. The van der Waals surface area contributed by atoms with Crippen molar-refractivity contribution in [2.75, 3.05) is 12.4 Å². The first-order valence-electron chi connectivity index (χ1n) is 9.70. The number of nitrogens with one attached hydrogen (secondary N) is 1. The highest BCUT2D eigenvalue weighted by Crippen LogP contribution is 2.26. The zero-order valence-corrected chi connectivity index (χ0v) is 16.9. The van der Waals surface area contributed by atoms with Gasteiger partial charge in [-0.05, 0) is 54.6 Å². The van der Waals surface area contributed by atoms with Crippen molar-refractivity contribution in [2.24, 2.45) is 0 Å². The van der Waals surface area contributed by atoms with Crippen LogP contribution in [0.2, 0.25) is 0 Å². The van der Waals surface area contributed by atoms with Crippen molar-refractivity contribution in [2.45, 2.75) is 0 Å². The van der Waals surface area contributed by atoms with Crippen molar-refractivity contribution in [1.29, 1.82) is 5.26 Å². The quantitative estimate of drug-likeness (QED) is 0.472. The second kappa shape index (κ2) is 8.93. The highest BCUT2D eigenvalue weighted by molar-refractivity contribution is 6.04. The second-order valence-corrected chi connectivity index (χ2v) is 6.86. The lowest BCUT2D eigenvalue weighted by Crippen LogP contribution is -2.11. The van der Waals surface area contributed by atoms with Gasteiger partial charge in [-0.2, -0.15) is 5.26 Å². The number of pyridine rings is 1. The zero-order chi connectivity index (χ0) is 21.6. The highest BCUT2D eigenvalue weighted by Gasteiger charge is 2.08. The Morgan fingerprint density at radius 1 is 0.871 bits per heavy atom. The van der Waals surface area contributed by atoms with E-state index in [0.717, 1.165) is 28.3 Å². The standard InChI is InChI=1S/C26H19N3O2/c1-31-23-8-3-6-20(16-23)25-10-4-9-24(29-25)19-11-13-22(14-12-19)28-26(30)21-7-2-5-18(15-21)17-27/h2-16H,1H3,(H,28,30). The molecule has 4 rings (SSSR count). The Kier molecular flexibility index (Phi) is 5.72. The molecular weight excluding hydrogens is 386 g/mol. The van der Waals surface area contributed by atoms with Crippen LogP contribution in [0.1, 0.15) is 15.9 Å². The average molecular weight is 405 g/mol. The van der Waals surface area contributed by atoms with Crippen LogP contribution in [-0.4, -0.2) is 18.0 Å². The molecule has 31 heavy (non-hydrogen) atoms. The fourth-order valence-electron chi connectivity index (χ4n) is 3.20. The fraction of sp³-hybridized carbons (Fsp3) is 0.0385. The molecule has 1 heterocycles. The van der Waals surface area contributed by atoms with E-state index >= 15 is 0 Å². The van der Waals surface area contributed by atoms with Crippen molar-refractivity contribution in [1.82, 2.24) is 4.98 Å². The number of carbonyl (C=O) groups is 1. The third kappa shape index (κ3) is 4.60. The van der Waals surface area contributed by atoms with Gasteiger partial charge < -0.3 is 10.1 Å². The van der Waals surface area contributed by atoms with E-state index in [1.54, 1.807) is 31.4 Å². The highest BCUT2D eigenvalue weighted by atomic mass is 16.5. The van der Waals surface area contributed by atoms with Crippen LogP contribution in [0, 0.1) is 11.3 Å². The van der Waals surface area contributed by atoms with Crippen molar-refractivity contribution >= 4 is 11.6 Å². The lowest BCUT2D eigenvalue weighted by molar-refractivity contribution is 0.102. The maximum absolute atomic E-state index is 12.4. The first-order chi connectivity index (χ1) is 15.2. The molecule has 0 saturated carbocycles. The van der Waals surface area contributed by atoms with E-state index in [0.29, 0.717) is 16.8 Å². The van der Waals surface area contributed by atoms with Gasteiger partial charge in [0, 0.05) is 22.4 Å². The summed E-state index contributed by atoms with van der Waals surface area (Å²) in [4.78, 5) is 17.2. The maximum atomic E-state index is 12.4. The van der Waals surface area contributed by atoms with Crippen molar-refractivity contribution in [3.05, 3.63) is 102 Å². The third-order valence-electron chi connectivity index (χ3n) is 4.81. The summed E-state index contributed by atoms with van der Waals surface area (Å²) in [5.41, 5.74) is 5.16. The third-order valence-corrected chi connectivity index (χ3v) is 4.81. The van der Waals surface area contributed by atoms with Crippen LogP contribution in [0.5, 0.6) is 5.75 Å². The molecule has 0 aliphatic carbocycles. The maximum Gasteiger partial charge on any atom is 0.255 e. The van der Waals surface area contributed by atoms with Gasteiger partial charge in [0.05, 0.1) is 30.1 Å². The molecule has 0 bridgehead atoms. The minimum absolute atomic E-state index is 0.261. The number of aromatic nitrogens is 1. The normalized spacial score (nSPS) is 10.2. The van der Waals surface area contributed by atoms with E-state index in [2.05, 4.69) is 5.32 Å². The molecule has 0 atom stereocenters. The van der Waals surface area contributed by atoms with E-state index in [4.69, 9.17) is 15.0 Å². The number of benzene rings is 3. The van der Waals surface area contributed by atoms with Gasteiger partial charge in [0.15, 0.2) is 0 Å². The van der Waals surface area contributed by atoms with E-state index in [9.17, 15) is 4.79 Å². The Balaban J connectivity index is 1.53. The van der Waals surface area contributed by atoms with Crippen molar-refractivity contribution in [3.8, 4) is 34.3 Å². The topological polar surface area (TPSA) is 75.0 Å². The second-order valence-electron chi connectivity index (χ2n) is 6.86. The number of anilines is 1. The molecule has 0 saturated heterocycles. The van der Waals surface area contributed by atoms with Gasteiger partial charge in [-0.25, -0.2) is 4.98 Å². The van der Waals surface area contributed by atoms with Crippen LogP contribution in [0.4, 0.5) is 5.69 Å². The van der Waals surface area contributed by atoms with Gasteiger partial charge in [0.2, 0.25) is 0 Å². The molecular formula is C26H19N3O2. The number of amides is 1. The Bertz CT molecular complexity index is 1270. The monoisotopic (exact) mass is 405 g/mol. The Hall–Kier alpha value is -4.43. The van der Waals surface area contributed by atoms with E-state index in [1.807, 2.05) is 72.8 Å². The summed E-state index contributed by atoms with van der Waals surface area (Å²) in [5.74, 6) is 0.521. The number of ether oxygens (including phenoxy) is 1. The summed E-state index contributed by atoms with van der Waals surface area (Å²) < 4.78 is 5.30. The number of rotatable bonds is 5. The Morgan fingerprint density at radius 3 is 2.32 bits per heavy atom. The van der Waals surface area contributed by atoms with E-state index in [1.165, 1.54) is 0 Å². The fourth-order valence-corrected chi connectivity index (χ4v) is 3.20. The predicted octanol–water partition coefficient (Wildman–Crippen LogP) is 5.55. The molecule has 0 radical (unpaired) electrons. The molecule has 0 fully saturated rings. The molecule has 4 aromatic rings. The number of nitrogens with zero attached hydrogens (tertiary/aromatic N) is 2. The number of carbonyl (C=O) groups excluding carboxylic acids is 1. The van der Waals surface area contributed by atoms with Gasteiger partial charge in [0.25, 0.3) is 5.91 Å². The van der Waals surface area contributed by atoms with Crippen LogP contribution in [-0.2, 0) is 0 Å². The first-order valence-corrected chi connectivity index (χ1v) is 9.70. The van der Waals surface area contributed by atoms with E-state index in [-0.39, 0.29) is 5.91 Å². The smallest absolute Gasteiger partial charge is 0.255 e. The molecule has 0 aliphatic heterocycles. The van der Waals surface area contributed by atoms with Gasteiger partial charge in [-0.1, -0.05) is 36.4 Å². The summed E-state index contributed by atoms with van der Waals surface area (Å²) in [7, 11) is 1.64. The molecule has 5 nitrogen and oxygen atoms in total. The van der Waals surface area contributed by atoms with Gasteiger partial charge in [-0.15, -0.1) is 0 Å².